The van der Waals surface area contributed by atoms with Crippen LogP contribution >= 0.6 is 0 Å². The third kappa shape index (κ3) is 3.95. The van der Waals surface area contributed by atoms with Crippen LogP contribution in [0.2, 0.25) is 0 Å². The highest BCUT2D eigenvalue weighted by Gasteiger charge is 2.33. The number of aliphatic hydroxyl groups is 1. The van der Waals surface area contributed by atoms with E-state index in [2.05, 4.69) is 0 Å². The maximum atomic E-state index is 12.2. The summed E-state index contributed by atoms with van der Waals surface area (Å²) in [4.78, 5) is 13.7. The van der Waals surface area contributed by atoms with E-state index in [0.29, 0.717) is 6.42 Å². The Labute approximate surface area is 132 Å². The summed E-state index contributed by atoms with van der Waals surface area (Å²) < 4.78 is 0. The Morgan fingerprint density at radius 1 is 1.05 bits per heavy atom. The molecule has 2 aromatic rings. The van der Waals surface area contributed by atoms with Gasteiger partial charge in [-0.25, -0.2) is 0 Å². The lowest BCUT2D eigenvalue weighted by Crippen LogP contribution is -2.36. The van der Waals surface area contributed by atoms with Crippen LogP contribution in [0.1, 0.15) is 23.1 Å². The summed E-state index contributed by atoms with van der Waals surface area (Å²) in [5.74, 6) is -0.0843. The first-order valence-electron chi connectivity index (χ1n) is 7.44. The van der Waals surface area contributed by atoms with Crippen molar-refractivity contribution in [1.29, 1.82) is 0 Å². The van der Waals surface area contributed by atoms with Crippen molar-refractivity contribution < 1.29 is 9.90 Å². The van der Waals surface area contributed by atoms with Crippen molar-refractivity contribution in [2.45, 2.75) is 25.4 Å². The molecule has 3 nitrogen and oxygen atoms in total. The van der Waals surface area contributed by atoms with Crippen LogP contribution in [0.15, 0.2) is 54.6 Å². The molecule has 0 spiro atoms. The average molecular weight is 297 g/mol. The van der Waals surface area contributed by atoms with Gasteiger partial charge in [0.2, 0.25) is 5.91 Å². The molecule has 0 aliphatic rings. The van der Waals surface area contributed by atoms with E-state index >= 15 is 0 Å². The number of hydrogen-bond donors (Lipinski definition) is 1. The molecule has 0 saturated heterocycles. The average Bonchev–Trinajstić information content (AvgIpc) is 2.48. The van der Waals surface area contributed by atoms with Crippen molar-refractivity contribution in [2.75, 3.05) is 14.1 Å². The van der Waals surface area contributed by atoms with Gasteiger partial charge in [-0.1, -0.05) is 60.2 Å². The SMILES string of the molecule is Cc1ccc(C(O)(CC(=O)N(C)C)Cc2ccccc2)cc1. The van der Waals surface area contributed by atoms with E-state index in [1.807, 2.05) is 61.5 Å². The van der Waals surface area contributed by atoms with Gasteiger partial charge in [0.1, 0.15) is 5.60 Å². The first-order valence-corrected chi connectivity index (χ1v) is 7.44. The number of nitrogens with zero attached hydrogens (tertiary/aromatic N) is 1. The van der Waals surface area contributed by atoms with Gasteiger partial charge in [0.25, 0.3) is 0 Å². The smallest absolute Gasteiger partial charge is 0.225 e. The van der Waals surface area contributed by atoms with Crippen LogP contribution in [-0.4, -0.2) is 30.0 Å². The van der Waals surface area contributed by atoms with E-state index in [-0.39, 0.29) is 12.3 Å². The van der Waals surface area contributed by atoms with Crippen molar-refractivity contribution in [3.05, 3.63) is 71.3 Å². The predicted molar refractivity (Wildman–Crippen MR) is 88.5 cm³/mol. The van der Waals surface area contributed by atoms with Crippen LogP contribution < -0.4 is 0 Å². The van der Waals surface area contributed by atoms with Crippen LogP contribution in [0.4, 0.5) is 0 Å². The molecule has 2 aromatic carbocycles. The van der Waals surface area contributed by atoms with Crippen LogP contribution in [0, 0.1) is 6.92 Å². The summed E-state index contributed by atoms with van der Waals surface area (Å²) in [7, 11) is 3.42. The van der Waals surface area contributed by atoms with Crippen molar-refractivity contribution in [3.63, 3.8) is 0 Å². The largest absolute Gasteiger partial charge is 0.384 e. The summed E-state index contributed by atoms with van der Waals surface area (Å²) in [6.45, 7) is 2.00. The van der Waals surface area contributed by atoms with E-state index in [1.54, 1.807) is 14.1 Å². The second-order valence-corrected chi connectivity index (χ2v) is 6.02. The fraction of sp³-hybridized carbons (Fsp3) is 0.316. The normalized spacial score (nSPS) is 13.5. The maximum Gasteiger partial charge on any atom is 0.225 e. The maximum absolute atomic E-state index is 12.2. The highest BCUT2D eigenvalue weighted by Crippen LogP contribution is 2.30. The van der Waals surface area contributed by atoms with Gasteiger partial charge in [-0.15, -0.1) is 0 Å². The molecule has 3 heteroatoms. The Hall–Kier alpha value is -2.13. The van der Waals surface area contributed by atoms with Crippen molar-refractivity contribution in [2.24, 2.45) is 0 Å². The van der Waals surface area contributed by atoms with Crippen molar-refractivity contribution >= 4 is 5.91 Å². The molecule has 0 fully saturated rings. The Morgan fingerprint density at radius 3 is 2.18 bits per heavy atom. The van der Waals surface area contributed by atoms with E-state index in [4.69, 9.17) is 0 Å². The zero-order valence-electron chi connectivity index (χ0n) is 13.4. The highest BCUT2D eigenvalue weighted by molar-refractivity contribution is 5.77. The van der Waals surface area contributed by atoms with E-state index in [9.17, 15) is 9.90 Å². The molecule has 2 rings (SSSR count). The minimum absolute atomic E-state index is 0.0674. The minimum Gasteiger partial charge on any atom is -0.384 e. The zero-order chi connectivity index (χ0) is 16.2. The van der Waals surface area contributed by atoms with E-state index in [0.717, 1.165) is 16.7 Å². The summed E-state index contributed by atoms with van der Waals surface area (Å²) in [6, 6.07) is 17.5. The van der Waals surface area contributed by atoms with Gasteiger partial charge in [0, 0.05) is 20.5 Å². The topological polar surface area (TPSA) is 40.5 Å². The highest BCUT2D eigenvalue weighted by atomic mass is 16.3. The molecule has 0 heterocycles. The van der Waals surface area contributed by atoms with E-state index in [1.165, 1.54) is 4.90 Å². The van der Waals surface area contributed by atoms with Gasteiger partial charge < -0.3 is 10.0 Å². The molecular weight excluding hydrogens is 274 g/mol. The predicted octanol–water partition coefficient (Wildman–Crippen LogP) is 2.90. The zero-order valence-corrected chi connectivity index (χ0v) is 13.4. The molecule has 1 unspecified atom stereocenters. The van der Waals surface area contributed by atoms with Crippen molar-refractivity contribution in [3.8, 4) is 0 Å². The molecule has 0 radical (unpaired) electrons. The van der Waals surface area contributed by atoms with Crippen LogP contribution in [0.25, 0.3) is 0 Å². The van der Waals surface area contributed by atoms with Gasteiger partial charge in [-0.05, 0) is 18.1 Å². The molecule has 0 aliphatic carbocycles. The number of aryl methyl sites for hydroxylation is 1. The molecule has 1 atom stereocenters. The van der Waals surface area contributed by atoms with Crippen LogP contribution in [0.5, 0.6) is 0 Å². The molecule has 0 aromatic heterocycles. The fourth-order valence-corrected chi connectivity index (χ4v) is 2.47. The molecule has 22 heavy (non-hydrogen) atoms. The Balaban J connectivity index is 2.35. The Bertz CT molecular complexity index is 620. The van der Waals surface area contributed by atoms with Gasteiger partial charge in [0.05, 0.1) is 6.42 Å². The number of benzene rings is 2. The second kappa shape index (κ2) is 6.75. The first kappa shape index (κ1) is 16.2. The Morgan fingerprint density at radius 2 is 1.64 bits per heavy atom. The fourth-order valence-electron chi connectivity index (χ4n) is 2.47. The number of carbonyl (C=O) groups excluding carboxylic acids is 1. The quantitative estimate of drug-likeness (QED) is 0.922. The molecule has 116 valence electrons. The Kier molecular flexibility index (Phi) is 4.99. The molecular formula is C19H23NO2. The number of amides is 1. The lowest BCUT2D eigenvalue weighted by molar-refractivity contribution is -0.134. The van der Waals surface area contributed by atoms with Gasteiger partial charge >= 0.3 is 0 Å². The minimum atomic E-state index is -1.20. The summed E-state index contributed by atoms with van der Waals surface area (Å²) in [5, 5.41) is 11.2. The summed E-state index contributed by atoms with van der Waals surface area (Å²) in [5.41, 5.74) is 1.72. The lowest BCUT2D eigenvalue weighted by Gasteiger charge is -2.30. The van der Waals surface area contributed by atoms with Crippen LogP contribution in [0.3, 0.4) is 0 Å². The van der Waals surface area contributed by atoms with Gasteiger partial charge in [0.15, 0.2) is 0 Å². The van der Waals surface area contributed by atoms with E-state index < -0.39 is 5.60 Å². The standard InChI is InChI=1S/C19H23NO2/c1-15-9-11-17(12-10-15)19(22,14-18(21)20(2)3)13-16-7-5-4-6-8-16/h4-12,22H,13-14H2,1-3H3. The number of carbonyl (C=O) groups is 1. The summed E-state index contributed by atoms with van der Waals surface area (Å²) >= 11 is 0. The lowest BCUT2D eigenvalue weighted by atomic mass is 9.84. The molecule has 1 amide bonds. The van der Waals surface area contributed by atoms with Gasteiger partial charge in [-0.3, -0.25) is 4.79 Å². The summed E-state index contributed by atoms with van der Waals surface area (Å²) in [6.07, 6.45) is 0.481. The molecule has 0 aliphatic heterocycles. The molecule has 0 bridgehead atoms. The monoisotopic (exact) mass is 297 g/mol. The molecule has 1 N–H and O–H groups in total. The first-order chi connectivity index (χ1) is 10.4. The molecule has 0 saturated carbocycles. The third-order valence-electron chi connectivity index (χ3n) is 3.87. The third-order valence-corrected chi connectivity index (χ3v) is 3.87. The number of hydrogen-bond acceptors (Lipinski definition) is 2. The van der Waals surface area contributed by atoms with Gasteiger partial charge in [-0.2, -0.15) is 0 Å². The van der Waals surface area contributed by atoms with Crippen molar-refractivity contribution in [1.82, 2.24) is 4.90 Å². The number of rotatable bonds is 5. The second-order valence-electron chi connectivity index (χ2n) is 6.02. The van der Waals surface area contributed by atoms with Crippen LogP contribution in [-0.2, 0) is 16.8 Å².